The van der Waals surface area contributed by atoms with E-state index < -0.39 is 5.97 Å². The summed E-state index contributed by atoms with van der Waals surface area (Å²) >= 11 is 0. The molecule has 0 aliphatic heterocycles. The van der Waals surface area contributed by atoms with Crippen molar-refractivity contribution in [3.63, 3.8) is 0 Å². The van der Waals surface area contributed by atoms with Crippen molar-refractivity contribution in [2.24, 2.45) is 5.92 Å². The van der Waals surface area contributed by atoms with Crippen LogP contribution in [-0.4, -0.2) is 27.3 Å². The number of halogens is 2. The highest BCUT2D eigenvalue weighted by molar-refractivity contribution is 5.85. The van der Waals surface area contributed by atoms with Crippen molar-refractivity contribution in [1.82, 2.24) is 15.5 Å². The number of benzene rings is 3. The first-order valence-electron chi connectivity index (χ1n) is 12.3. The molecule has 2 N–H and O–H groups in total. The third-order valence-corrected chi connectivity index (χ3v) is 7.47. The summed E-state index contributed by atoms with van der Waals surface area (Å²) in [4.78, 5) is 15.7. The van der Waals surface area contributed by atoms with Crippen LogP contribution in [0.4, 0.5) is 4.39 Å². The molecule has 8 heteroatoms. The van der Waals surface area contributed by atoms with Crippen LogP contribution in [0.1, 0.15) is 42.0 Å². The second kappa shape index (κ2) is 10.1. The van der Waals surface area contributed by atoms with Crippen molar-refractivity contribution in [3.8, 4) is 34.0 Å². The van der Waals surface area contributed by atoms with Gasteiger partial charge in [0.15, 0.2) is 0 Å². The number of carboxylic acid groups (broad SMARTS) is 1. The predicted molar refractivity (Wildman–Crippen MR) is 141 cm³/mol. The van der Waals surface area contributed by atoms with Gasteiger partial charge in [0.1, 0.15) is 5.82 Å². The van der Waals surface area contributed by atoms with Crippen LogP contribution in [0.3, 0.4) is 0 Å². The molecule has 1 aromatic heterocycles. The Balaban J connectivity index is 0.00000280. The van der Waals surface area contributed by atoms with Gasteiger partial charge in [0.05, 0.1) is 5.92 Å². The number of carbonyl (C=O) groups is 1. The fourth-order valence-electron chi connectivity index (χ4n) is 5.41. The van der Waals surface area contributed by atoms with Gasteiger partial charge in [-0.1, -0.05) is 41.6 Å². The quantitative estimate of drug-likeness (QED) is 0.307. The highest BCUT2D eigenvalue weighted by Crippen LogP contribution is 2.37. The molecule has 2 aliphatic rings. The van der Waals surface area contributed by atoms with Crippen LogP contribution in [0, 0.1) is 18.7 Å². The molecule has 6 nitrogen and oxygen atoms in total. The number of hydrogen-bond donors (Lipinski definition) is 2. The van der Waals surface area contributed by atoms with Crippen LogP contribution in [-0.2, 0) is 11.2 Å². The van der Waals surface area contributed by atoms with E-state index in [1.54, 1.807) is 12.1 Å². The van der Waals surface area contributed by atoms with Crippen molar-refractivity contribution in [3.05, 3.63) is 83.2 Å². The molecule has 1 saturated carbocycles. The van der Waals surface area contributed by atoms with E-state index >= 15 is 0 Å². The van der Waals surface area contributed by atoms with Gasteiger partial charge in [-0.2, -0.15) is 4.98 Å². The lowest BCUT2D eigenvalue weighted by molar-refractivity contribution is -0.145. The summed E-state index contributed by atoms with van der Waals surface area (Å²) in [5.74, 6) is -0.202. The largest absolute Gasteiger partial charge is 0.481 e. The Morgan fingerprint density at radius 1 is 1.05 bits per heavy atom. The normalized spacial score (nSPS) is 20.1. The summed E-state index contributed by atoms with van der Waals surface area (Å²) in [7, 11) is 0. The Labute approximate surface area is 220 Å². The summed E-state index contributed by atoms with van der Waals surface area (Å²) in [6.07, 6.45) is 3.35. The minimum Gasteiger partial charge on any atom is -0.481 e. The van der Waals surface area contributed by atoms with E-state index in [0.717, 1.165) is 35.1 Å². The molecule has 0 saturated heterocycles. The Morgan fingerprint density at radius 2 is 1.84 bits per heavy atom. The Hall–Kier alpha value is -3.55. The summed E-state index contributed by atoms with van der Waals surface area (Å²) in [5.41, 5.74) is 6.54. The average Bonchev–Trinajstić information content (AvgIpc) is 3.49. The zero-order chi connectivity index (χ0) is 24.8. The van der Waals surface area contributed by atoms with Gasteiger partial charge in [-0.25, -0.2) is 4.39 Å². The number of nitrogens with one attached hydrogen (secondary N) is 1. The molecule has 6 rings (SSSR count). The zero-order valence-electron chi connectivity index (χ0n) is 20.3. The maximum absolute atomic E-state index is 14.3. The molecule has 37 heavy (non-hydrogen) atoms. The summed E-state index contributed by atoms with van der Waals surface area (Å²) in [6.45, 7) is 1.94. The first-order valence-corrected chi connectivity index (χ1v) is 12.3. The summed E-state index contributed by atoms with van der Waals surface area (Å²) < 4.78 is 19.8. The van der Waals surface area contributed by atoms with E-state index in [4.69, 9.17) is 9.63 Å². The van der Waals surface area contributed by atoms with Gasteiger partial charge in [-0.3, -0.25) is 4.79 Å². The SMILES string of the molecule is Cc1cc(-c2nc(-c3ccc4c(c3)CCC4NC3CC(C(=O)O)C3)no2)ccc1-c1ccccc1F.Cl. The van der Waals surface area contributed by atoms with E-state index in [1.807, 2.05) is 37.3 Å². The maximum atomic E-state index is 14.3. The topological polar surface area (TPSA) is 88.2 Å². The number of hydrogen-bond acceptors (Lipinski definition) is 5. The molecular formula is C29H27ClFN3O3. The first-order chi connectivity index (χ1) is 17.5. The highest BCUT2D eigenvalue weighted by atomic mass is 35.5. The zero-order valence-corrected chi connectivity index (χ0v) is 21.1. The number of aliphatic carboxylic acids is 1. The molecular weight excluding hydrogens is 493 g/mol. The van der Waals surface area contributed by atoms with Crippen molar-refractivity contribution >= 4 is 18.4 Å². The van der Waals surface area contributed by atoms with Crippen molar-refractivity contribution in [1.29, 1.82) is 0 Å². The lowest BCUT2D eigenvalue weighted by Crippen LogP contribution is -2.45. The van der Waals surface area contributed by atoms with E-state index in [1.165, 1.54) is 17.2 Å². The van der Waals surface area contributed by atoms with Gasteiger partial charge >= 0.3 is 5.97 Å². The van der Waals surface area contributed by atoms with Crippen LogP contribution in [0.5, 0.6) is 0 Å². The first kappa shape index (κ1) is 25.1. The molecule has 4 aromatic rings. The second-order valence-electron chi connectivity index (χ2n) is 9.81. The van der Waals surface area contributed by atoms with Crippen molar-refractivity contribution in [2.45, 2.75) is 44.7 Å². The summed E-state index contributed by atoms with van der Waals surface area (Å²) in [6, 6.07) is 19.2. The predicted octanol–water partition coefficient (Wildman–Crippen LogP) is 6.38. The van der Waals surface area contributed by atoms with Gasteiger partial charge in [0.2, 0.25) is 5.82 Å². The smallest absolute Gasteiger partial charge is 0.306 e. The number of carboxylic acids is 1. The van der Waals surface area contributed by atoms with Crippen LogP contribution in [0.2, 0.25) is 0 Å². The maximum Gasteiger partial charge on any atom is 0.306 e. The van der Waals surface area contributed by atoms with Crippen LogP contribution >= 0.6 is 12.4 Å². The Bertz CT molecular complexity index is 1460. The molecule has 0 spiro atoms. The average molecular weight is 520 g/mol. The fourth-order valence-corrected chi connectivity index (χ4v) is 5.41. The molecule has 2 aliphatic carbocycles. The van der Waals surface area contributed by atoms with E-state index in [9.17, 15) is 9.18 Å². The standard InChI is InChI=1S/C29H26FN3O3.ClH/c1-16-12-19(7-9-22(16)24-4-2-3-5-25(24)30)28-32-27(33-36-28)18-6-10-23-17(13-18)8-11-26(23)31-21-14-20(15-21)29(34)35;/h2-7,9-10,12-13,20-21,26,31H,8,11,14-15H2,1H3,(H,34,35);1H. The molecule has 0 bridgehead atoms. The lowest BCUT2D eigenvalue weighted by Gasteiger charge is -2.35. The van der Waals surface area contributed by atoms with E-state index in [0.29, 0.717) is 30.1 Å². The molecule has 1 unspecified atom stereocenters. The molecule has 3 aromatic carbocycles. The number of aryl methyl sites for hydroxylation is 2. The fraction of sp³-hybridized carbons (Fsp3) is 0.276. The van der Waals surface area contributed by atoms with Crippen LogP contribution in [0.15, 0.2) is 65.2 Å². The van der Waals surface area contributed by atoms with Crippen molar-refractivity contribution in [2.75, 3.05) is 0 Å². The minimum absolute atomic E-state index is 0. The third kappa shape index (κ3) is 4.77. The number of fused-ring (bicyclic) bond motifs is 1. The molecule has 1 heterocycles. The summed E-state index contributed by atoms with van der Waals surface area (Å²) in [5, 5.41) is 16.9. The van der Waals surface area contributed by atoms with Gasteiger partial charge in [-0.15, -0.1) is 12.4 Å². The number of aromatic nitrogens is 2. The third-order valence-electron chi connectivity index (χ3n) is 7.47. The second-order valence-corrected chi connectivity index (χ2v) is 9.81. The van der Waals surface area contributed by atoms with Crippen LogP contribution in [0.25, 0.3) is 34.0 Å². The lowest BCUT2D eigenvalue weighted by atomic mass is 9.80. The Morgan fingerprint density at radius 3 is 2.59 bits per heavy atom. The van der Waals surface area contributed by atoms with Gasteiger partial charge in [0, 0.05) is 28.8 Å². The van der Waals surface area contributed by atoms with E-state index in [2.05, 4.69) is 27.6 Å². The molecule has 1 fully saturated rings. The highest BCUT2D eigenvalue weighted by Gasteiger charge is 2.36. The van der Waals surface area contributed by atoms with Gasteiger partial charge in [0.25, 0.3) is 5.89 Å². The molecule has 0 radical (unpaired) electrons. The van der Waals surface area contributed by atoms with Gasteiger partial charge < -0.3 is 14.9 Å². The molecule has 0 amide bonds. The molecule has 190 valence electrons. The minimum atomic E-state index is -0.694. The van der Waals surface area contributed by atoms with E-state index in [-0.39, 0.29) is 36.2 Å². The molecule has 1 atom stereocenters. The Kier molecular flexibility index (Phi) is 6.84. The van der Waals surface area contributed by atoms with Gasteiger partial charge in [-0.05, 0) is 79.1 Å². The number of nitrogens with zero attached hydrogens (tertiary/aromatic N) is 2. The van der Waals surface area contributed by atoms with Crippen LogP contribution < -0.4 is 5.32 Å². The number of rotatable bonds is 6. The monoisotopic (exact) mass is 519 g/mol. The van der Waals surface area contributed by atoms with Crippen molar-refractivity contribution < 1.29 is 18.8 Å².